The number of carbonyl (C=O) groups excluding carboxylic acids is 3. The van der Waals surface area contributed by atoms with Gasteiger partial charge in [-0.1, -0.05) is 0 Å². The maximum atomic E-state index is 13.0. The highest BCUT2D eigenvalue weighted by Gasteiger charge is 2.39. The van der Waals surface area contributed by atoms with Gasteiger partial charge in [-0.05, 0) is 42.7 Å². The number of fused-ring (bicyclic) bond motifs is 1. The Morgan fingerprint density at radius 2 is 1.93 bits per heavy atom. The summed E-state index contributed by atoms with van der Waals surface area (Å²) in [5, 5.41) is 6.51. The second-order valence-corrected chi connectivity index (χ2v) is 10.2. The molecule has 2 aromatic heterocycles. The van der Waals surface area contributed by atoms with Gasteiger partial charge in [0.1, 0.15) is 17.9 Å². The monoisotopic (exact) mass is 554 g/mol. The van der Waals surface area contributed by atoms with Gasteiger partial charge in [0.25, 0.3) is 5.91 Å². The van der Waals surface area contributed by atoms with Crippen LogP contribution >= 0.6 is 0 Å². The molecular formula is C27H25F3N6O4. The predicted molar refractivity (Wildman–Crippen MR) is 133 cm³/mol. The second-order valence-electron chi connectivity index (χ2n) is 10.2. The maximum absolute atomic E-state index is 13.0. The number of piperidine rings is 1. The van der Waals surface area contributed by atoms with Gasteiger partial charge in [-0.15, -0.1) is 0 Å². The van der Waals surface area contributed by atoms with Crippen molar-refractivity contribution in [3.8, 4) is 11.4 Å². The molecule has 0 radical (unpaired) electrons. The summed E-state index contributed by atoms with van der Waals surface area (Å²) in [5.74, 6) is -0.372. The average molecular weight is 555 g/mol. The van der Waals surface area contributed by atoms with Crippen LogP contribution in [0.3, 0.4) is 0 Å². The third-order valence-corrected chi connectivity index (χ3v) is 7.38. The maximum Gasteiger partial charge on any atom is 0.417 e. The molecule has 1 unspecified atom stereocenters. The minimum Gasteiger partial charge on any atom is -0.489 e. The number of carbonyl (C=O) groups is 3. The van der Waals surface area contributed by atoms with Crippen molar-refractivity contribution >= 4 is 17.7 Å². The van der Waals surface area contributed by atoms with Crippen LogP contribution in [0.5, 0.6) is 5.75 Å². The summed E-state index contributed by atoms with van der Waals surface area (Å²) in [7, 11) is 0. The van der Waals surface area contributed by atoms with Crippen molar-refractivity contribution in [3.05, 3.63) is 71.3 Å². The first-order chi connectivity index (χ1) is 19.1. The lowest BCUT2D eigenvalue weighted by molar-refractivity contribution is -0.138. The second kappa shape index (κ2) is 10.0. The molecule has 2 saturated heterocycles. The van der Waals surface area contributed by atoms with E-state index in [9.17, 15) is 27.6 Å². The van der Waals surface area contributed by atoms with Crippen LogP contribution in [0.1, 0.15) is 46.3 Å². The molecule has 1 N–H and O–H groups in total. The normalized spacial score (nSPS) is 21.6. The average Bonchev–Trinajstić information content (AvgIpc) is 3.64. The molecule has 2 fully saturated rings. The zero-order valence-corrected chi connectivity index (χ0v) is 21.2. The number of hydrogen-bond donors (Lipinski definition) is 1. The largest absolute Gasteiger partial charge is 0.489 e. The molecular weight excluding hydrogens is 529 g/mol. The van der Waals surface area contributed by atoms with Crippen LogP contribution in [-0.2, 0) is 28.9 Å². The Morgan fingerprint density at radius 3 is 2.73 bits per heavy atom. The summed E-state index contributed by atoms with van der Waals surface area (Å²) in [6, 6.07) is 5.63. The Balaban J connectivity index is 1.05. The third kappa shape index (κ3) is 5.16. The molecule has 0 aliphatic carbocycles. The van der Waals surface area contributed by atoms with Crippen molar-refractivity contribution in [1.82, 2.24) is 29.9 Å². The Morgan fingerprint density at radius 1 is 1.07 bits per heavy atom. The number of pyridine rings is 1. The van der Waals surface area contributed by atoms with Crippen molar-refractivity contribution in [2.45, 2.75) is 50.7 Å². The number of nitrogens with zero attached hydrogens (tertiary/aromatic N) is 5. The van der Waals surface area contributed by atoms with Crippen LogP contribution < -0.4 is 10.1 Å². The number of rotatable bonds is 6. The van der Waals surface area contributed by atoms with Crippen LogP contribution in [-0.4, -0.2) is 67.5 Å². The highest BCUT2D eigenvalue weighted by atomic mass is 19.4. The standard InChI is InChI=1S/C27H25F3N6O4/c28-27(29,30)18-8-19(11-31-10-18)36-13-16(9-32-36)12-34-6-5-21(15-34)40-20-1-2-22-17(7-20)14-35(26(22)39)23-3-4-24(37)33-25(23)38/h1-2,7-11,13,21,23H,3-6,12,14-15H2,(H,33,37,38)/t21-,23?/m0/s1. The summed E-state index contributed by atoms with van der Waals surface area (Å²) in [5.41, 5.74) is 1.55. The number of amides is 3. The van der Waals surface area contributed by atoms with E-state index in [1.807, 2.05) is 6.07 Å². The van der Waals surface area contributed by atoms with E-state index in [2.05, 4.69) is 20.3 Å². The zero-order valence-electron chi connectivity index (χ0n) is 21.2. The molecule has 208 valence electrons. The first kappa shape index (κ1) is 26.0. The van der Waals surface area contributed by atoms with E-state index in [0.29, 0.717) is 30.8 Å². The fraction of sp³-hybridized carbons (Fsp3) is 0.370. The Bertz CT molecular complexity index is 1490. The van der Waals surface area contributed by atoms with Crippen molar-refractivity contribution < 1.29 is 32.3 Å². The van der Waals surface area contributed by atoms with Gasteiger partial charge in [-0.25, -0.2) is 4.68 Å². The Kier molecular flexibility index (Phi) is 6.53. The molecule has 3 aliphatic heterocycles. The summed E-state index contributed by atoms with van der Waals surface area (Å²) >= 11 is 0. The lowest BCUT2D eigenvalue weighted by Crippen LogP contribution is -2.52. The molecule has 1 aromatic carbocycles. The van der Waals surface area contributed by atoms with Gasteiger partial charge in [-0.2, -0.15) is 18.3 Å². The minimum absolute atomic E-state index is 0.0795. The number of halogens is 3. The number of hydrogen-bond acceptors (Lipinski definition) is 7. The quantitative estimate of drug-likeness (QED) is 0.467. The number of nitrogens with one attached hydrogen (secondary N) is 1. The molecule has 5 heterocycles. The van der Waals surface area contributed by atoms with E-state index in [1.54, 1.807) is 24.5 Å². The molecule has 3 amide bonds. The number of aromatic nitrogens is 3. The SMILES string of the molecule is O=C1CCC(N2Cc3cc(O[C@H]4CCN(Cc5cnn(-c6cncc(C(F)(F)F)c6)c5)C4)ccc3C2=O)C(=O)N1. The van der Waals surface area contributed by atoms with E-state index in [0.717, 1.165) is 36.4 Å². The van der Waals surface area contributed by atoms with E-state index < -0.39 is 23.7 Å². The van der Waals surface area contributed by atoms with Crippen LogP contribution in [0.15, 0.2) is 49.1 Å². The van der Waals surface area contributed by atoms with Gasteiger partial charge < -0.3 is 9.64 Å². The molecule has 0 saturated carbocycles. The van der Waals surface area contributed by atoms with Crippen molar-refractivity contribution in [2.24, 2.45) is 0 Å². The molecule has 10 nitrogen and oxygen atoms in total. The molecule has 6 rings (SSSR count). The molecule has 13 heteroatoms. The third-order valence-electron chi connectivity index (χ3n) is 7.38. The van der Waals surface area contributed by atoms with E-state index in [-0.39, 0.29) is 36.6 Å². The van der Waals surface area contributed by atoms with Gasteiger partial charge in [0.2, 0.25) is 11.8 Å². The summed E-state index contributed by atoms with van der Waals surface area (Å²) in [6.45, 7) is 2.26. The fourth-order valence-corrected chi connectivity index (χ4v) is 5.40. The number of benzene rings is 1. The van der Waals surface area contributed by atoms with Gasteiger partial charge in [0, 0.05) is 56.1 Å². The highest BCUT2D eigenvalue weighted by molar-refractivity contribution is 6.05. The lowest BCUT2D eigenvalue weighted by atomic mass is 10.0. The Labute approximate surface area is 226 Å². The van der Waals surface area contributed by atoms with Gasteiger partial charge in [-0.3, -0.25) is 29.6 Å². The predicted octanol–water partition coefficient (Wildman–Crippen LogP) is 2.70. The van der Waals surface area contributed by atoms with E-state index in [4.69, 9.17) is 4.74 Å². The number of imide groups is 1. The van der Waals surface area contributed by atoms with E-state index >= 15 is 0 Å². The lowest BCUT2D eigenvalue weighted by Gasteiger charge is -2.29. The fourth-order valence-electron chi connectivity index (χ4n) is 5.40. The topological polar surface area (TPSA) is 110 Å². The molecule has 40 heavy (non-hydrogen) atoms. The van der Waals surface area contributed by atoms with Crippen LogP contribution in [0.4, 0.5) is 13.2 Å². The number of alkyl halides is 3. The van der Waals surface area contributed by atoms with Crippen LogP contribution in [0.25, 0.3) is 5.69 Å². The van der Waals surface area contributed by atoms with Gasteiger partial charge in [0.15, 0.2) is 0 Å². The van der Waals surface area contributed by atoms with Crippen molar-refractivity contribution in [3.63, 3.8) is 0 Å². The minimum atomic E-state index is -4.48. The highest BCUT2D eigenvalue weighted by Crippen LogP contribution is 2.32. The van der Waals surface area contributed by atoms with E-state index in [1.165, 1.54) is 15.8 Å². The zero-order chi connectivity index (χ0) is 28.0. The number of ether oxygens (including phenoxy) is 1. The summed E-state index contributed by atoms with van der Waals surface area (Å²) in [6.07, 6.45) is 2.16. The smallest absolute Gasteiger partial charge is 0.417 e. The first-order valence-electron chi connectivity index (χ1n) is 12.9. The summed E-state index contributed by atoms with van der Waals surface area (Å²) < 4.78 is 46.7. The number of likely N-dealkylation sites (tertiary alicyclic amines) is 1. The molecule has 3 aliphatic rings. The molecule has 2 atom stereocenters. The van der Waals surface area contributed by atoms with Gasteiger partial charge >= 0.3 is 6.18 Å². The van der Waals surface area contributed by atoms with Crippen molar-refractivity contribution in [1.29, 1.82) is 0 Å². The Hall–Kier alpha value is -4.26. The molecule has 3 aromatic rings. The van der Waals surface area contributed by atoms with Crippen LogP contribution in [0.2, 0.25) is 0 Å². The van der Waals surface area contributed by atoms with Crippen LogP contribution in [0, 0.1) is 0 Å². The molecule has 0 spiro atoms. The summed E-state index contributed by atoms with van der Waals surface area (Å²) in [4.78, 5) is 44.0. The van der Waals surface area contributed by atoms with Crippen molar-refractivity contribution in [2.75, 3.05) is 13.1 Å². The molecule has 0 bridgehead atoms. The van der Waals surface area contributed by atoms with Gasteiger partial charge in [0.05, 0.1) is 23.6 Å². The first-order valence-corrected chi connectivity index (χ1v) is 12.9.